The van der Waals surface area contributed by atoms with Crippen LogP contribution in [0.4, 0.5) is 0 Å². The fourth-order valence-corrected chi connectivity index (χ4v) is 26.7. The zero-order valence-electron chi connectivity index (χ0n) is 9.41. The average molecular weight is 377 g/mol. The van der Waals surface area contributed by atoms with E-state index >= 15 is 0 Å². The van der Waals surface area contributed by atoms with E-state index in [0.29, 0.717) is 0 Å². The second-order valence-corrected chi connectivity index (χ2v) is 23.4. The fourth-order valence-electron chi connectivity index (χ4n) is 1.66. The molecule has 0 fully saturated rings. The Bertz CT molecular complexity index is 221. The Kier molecular flexibility index (Phi) is 3.41. The summed E-state index contributed by atoms with van der Waals surface area (Å²) in [4.78, 5) is 0. The van der Waals surface area contributed by atoms with Gasteiger partial charge in [-0.3, -0.25) is 0 Å². The van der Waals surface area contributed by atoms with Crippen LogP contribution in [0, 0.1) is 0 Å². The normalized spacial score (nSPS) is 19.8. The molecule has 0 aromatic rings. The van der Waals surface area contributed by atoms with Gasteiger partial charge >= 0.3 is 87.4 Å². The van der Waals surface area contributed by atoms with Crippen LogP contribution in [-0.2, 0) is 16.1 Å². The molecule has 80 valence electrons. The standard InChI is InChI=1S/C5H5.C4H11Si.2CH3.Pt/c1-2-4-5-3-1;1-5(2,3)4;;;/h1-5H;1H2,2-4H3;2*1H3;. The first-order valence-electron chi connectivity index (χ1n) is 4.56. The van der Waals surface area contributed by atoms with Crippen LogP contribution in [0.25, 0.3) is 0 Å². The summed E-state index contributed by atoms with van der Waals surface area (Å²) in [5, 5.41) is 5.16. The molecule has 0 aromatic carbocycles. The van der Waals surface area contributed by atoms with E-state index < -0.39 is 24.1 Å². The van der Waals surface area contributed by atoms with Crippen LogP contribution >= 0.6 is 0 Å². The Morgan fingerprint density at radius 1 is 1.08 bits per heavy atom. The molecule has 0 radical (unpaired) electrons. The molecule has 0 saturated heterocycles. The SMILES string of the molecule is C[Si](C)(C)[CH2][Pt]([CH3])([CH3])[CH]1C=CC=C1. The Morgan fingerprint density at radius 2 is 1.54 bits per heavy atom. The van der Waals surface area contributed by atoms with Crippen molar-refractivity contribution in [3.8, 4) is 0 Å². The van der Waals surface area contributed by atoms with Gasteiger partial charge in [0.05, 0.1) is 0 Å². The van der Waals surface area contributed by atoms with E-state index in [1.807, 2.05) is 0 Å². The Hall–Kier alpha value is 0.385. The van der Waals surface area contributed by atoms with Gasteiger partial charge in [-0.2, -0.15) is 0 Å². The Balaban J connectivity index is 2.65. The molecular weight excluding hydrogens is 355 g/mol. The molecule has 0 amide bonds. The average Bonchev–Trinajstić information content (AvgIpc) is 2.29. The molecule has 0 N–H and O–H groups in total. The van der Waals surface area contributed by atoms with Crippen LogP contribution in [0.1, 0.15) is 0 Å². The molecule has 0 spiro atoms. The van der Waals surface area contributed by atoms with Crippen molar-refractivity contribution in [1.82, 2.24) is 0 Å². The summed E-state index contributed by atoms with van der Waals surface area (Å²) in [6.45, 7) is 7.50. The van der Waals surface area contributed by atoms with Crippen LogP contribution in [-0.4, -0.2) is 8.07 Å². The van der Waals surface area contributed by atoms with Crippen molar-refractivity contribution in [3.05, 3.63) is 24.3 Å². The van der Waals surface area contributed by atoms with E-state index in [0.717, 1.165) is 4.31 Å². The maximum absolute atomic E-state index is 2.58. The zero-order valence-corrected chi connectivity index (χ0v) is 12.7. The Labute approximate surface area is 87.3 Å². The van der Waals surface area contributed by atoms with Crippen LogP contribution in [0.5, 0.6) is 0 Å². The summed E-state index contributed by atoms with van der Waals surface area (Å²) >= 11 is -1.46. The molecule has 0 bridgehead atoms. The summed E-state index contributed by atoms with van der Waals surface area (Å²) in [5.74, 6) is 0. The van der Waals surface area contributed by atoms with Crippen molar-refractivity contribution < 1.29 is 16.1 Å². The summed E-state index contributed by atoms with van der Waals surface area (Å²) < 4.78 is 2.43. The van der Waals surface area contributed by atoms with Gasteiger partial charge in [0.15, 0.2) is 0 Å². The number of allylic oxidation sites excluding steroid dienone is 4. The number of rotatable bonds is 3. The number of hydrogen-bond acceptors (Lipinski definition) is 0. The molecule has 0 saturated carbocycles. The van der Waals surface area contributed by atoms with Crippen LogP contribution in [0.2, 0.25) is 39.0 Å². The quantitative estimate of drug-likeness (QED) is 0.638. The molecule has 0 heterocycles. The molecule has 0 aromatic heterocycles. The molecule has 1 aliphatic rings. The van der Waals surface area contributed by atoms with Crippen molar-refractivity contribution in [1.29, 1.82) is 0 Å². The summed E-state index contributed by atoms with van der Waals surface area (Å²) in [5.41, 5.74) is 0. The van der Waals surface area contributed by atoms with E-state index in [1.165, 1.54) is 0 Å². The molecule has 13 heavy (non-hydrogen) atoms. The van der Waals surface area contributed by atoms with Crippen molar-refractivity contribution >= 4 is 8.07 Å². The third kappa shape index (κ3) is 3.55. The molecule has 2 heteroatoms. The second-order valence-electron chi connectivity index (χ2n) is 5.10. The minimum atomic E-state index is -1.46. The first kappa shape index (κ1) is 11.5. The van der Waals surface area contributed by atoms with Gasteiger partial charge in [0.25, 0.3) is 0 Å². The van der Waals surface area contributed by atoms with Gasteiger partial charge in [0.2, 0.25) is 0 Å². The molecule has 0 nitrogen and oxygen atoms in total. The van der Waals surface area contributed by atoms with Crippen molar-refractivity contribution in [3.63, 3.8) is 0 Å². The van der Waals surface area contributed by atoms with Crippen molar-refractivity contribution in [2.75, 3.05) is 0 Å². The number of hydrogen-bond donors (Lipinski definition) is 0. The second kappa shape index (κ2) is 3.86. The predicted octanol–water partition coefficient (Wildman–Crippen LogP) is 4.45. The van der Waals surface area contributed by atoms with E-state index in [4.69, 9.17) is 0 Å². The third-order valence-corrected chi connectivity index (χ3v) is 21.5. The minimum absolute atomic E-state index is 0.847. The van der Waals surface area contributed by atoms with E-state index in [-0.39, 0.29) is 0 Å². The van der Waals surface area contributed by atoms with Gasteiger partial charge < -0.3 is 0 Å². The molecule has 1 aliphatic carbocycles. The van der Waals surface area contributed by atoms with Crippen LogP contribution < -0.4 is 0 Å². The van der Waals surface area contributed by atoms with Gasteiger partial charge in [-0.25, -0.2) is 0 Å². The molecular formula is C11H22PtSi. The van der Waals surface area contributed by atoms with Crippen LogP contribution in [0.3, 0.4) is 0 Å². The van der Waals surface area contributed by atoms with Gasteiger partial charge in [-0.05, 0) is 0 Å². The first-order chi connectivity index (χ1) is 5.81. The van der Waals surface area contributed by atoms with E-state index in [9.17, 15) is 0 Å². The fraction of sp³-hybridized carbons (Fsp3) is 0.636. The molecule has 1 rings (SSSR count). The summed E-state index contributed by atoms with van der Waals surface area (Å²) in [6, 6.07) is 0. The first-order valence-corrected chi connectivity index (χ1v) is 15.7. The third-order valence-electron chi connectivity index (χ3n) is 1.87. The van der Waals surface area contributed by atoms with Gasteiger partial charge in [0.1, 0.15) is 0 Å². The topological polar surface area (TPSA) is 0 Å². The van der Waals surface area contributed by atoms with Crippen molar-refractivity contribution in [2.24, 2.45) is 0 Å². The zero-order chi connectivity index (χ0) is 10.1. The van der Waals surface area contributed by atoms with Gasteiger partial charge in [-0.15, -0.1) is 0 Å². The maximum atomic E-state index is 2.58. The summed E-state index contributed by atoms with van der Waals surface area (Å²) in [6.07, 6.45) is 9.27. The van der Waals surface area contributed by atoms with Gasteiger partial charge in [0, 0.05) is 0 Å². The van der Waals surface area contributed by atoms with Crippen molar-refractivity contribution in [2.45, 2.75) is 39.0 Å². The molecule has 0 atom stereocenters. The Morgan fingerprint density at radius 3 is 1.92 bits per heavy atom. The van der Waals surface area contributed by atoms with Crippen LogP contribution in [0.15, 0.2) is 24.3 Å². The van der Waals surface area contributed by atoms with Gasteiger partial charge in [-0.1, -0.05) is 0 Å². The molecule has 0 unspecified atom stereocenters. The molecule has 0 aliphatic heterocycles. The monoisotopic (exact) mass is 377 g/mol. The summed E-state index contributed by atoms with van der Waals surface area (Å²) in [7, 11) is -0.848. The predicted molar refractivity (Wildman–Crippen MR) is 61.9 cm³/mol. The van der Waals surface area contributed by atoms with E-state index in [2.05, 4.69) is 54.6 Å². The van der Waals surface area contributed by atoms with E-state index in [1.54, 1.807) is 4.43 Å².